The maximum atomic E-state index is 12.3. The number of hydrogen-bond acceptors (Lipinski definition) is 5. The second kappa shape index (κ2) is 7.71. The van der Waals surface area contributed by atoms with Crippen LogP contribution < -0.4 is 19.5 Å². The molecule has 0 spiro atoms. The van der Waals surface area contributed by atoms with E-state index in [0.717, 1.165) is 21.5 Å². The molecule has 1 N–H and O–H groups in total. The van der Waals surface area contributed by atoms with Crippen molar-refractivity contribution in [2.45, 2.75) is 13.3 Å². The molecular weight excluding hydrogens is 414 g/mol. The summed E-state index contributed by atoms with van der Waals surface area (Å²) in [5, 5.41) is 7.08. The zero-order chi connectivity index (χ0) is 18.6. The van der Waals surface area contributed by atoms with Crippen molar-refractivity contribution in [2.75, 3.05) is 6.79 Å². The normalized spacial score (nSPS) is 12.0. The minimum atomic E-state index is -0.255. The first-order chi connectivity index (χ1) is 13.2. The van der Waals surface area contributed by atoms with Crippen molar-refractivity contribution in [2.24, 2.45) is 0 Å². The molecule has 0 saturated carbocycles. The van der Waals surface area contributed by atoms with Gasteiger partial charge in [0.05, 0.1) is 0 Å². The topological polar surface area (TPSA) is 74.6 Å². The highest BCUT2D eigenvalue weighted by atomic mass is 79.9. The Kier molecular flexibility index (Phi) is 4.97. The zero-order valence-corrected chi connectivity index (χ0v) is 15.8. The van der Waals surface area contributed by atoms with Gasteiger partial charge < -0.3 is 19.5 Å². The minimum Gasteiger partial charge on any atom is -0.471 e. The third-order valence-electron chi connectivity index (χ3n) is 3.94. The summed E-state index contributed by atoms with van der Waals surface area (Å²) in [6, 6.07) is 14.7. The number of carbonyl (C=O) groups is 1. The van der Waals surface area contributed by atoms with Crippen molar-refractivity contribution < 1.29 is 19.0 Å². The lowest BCUT2D eigenvalue weighted by Crippen LogP contribution is -2.23. The number of hydrogen-bond donors (Lipinski definition) is 1. The Balaban J connectivity index is 1.31. The van der Waals surface area contributed by atoms with E-state index in [-0.39, 0.29) is 19.4 Å². The molecule has 2 aromatic carbocycles. The molecule has 1 aliphatic heterocycles. The van der Waals surface area contributed by atoms with E-state index in [9.17, 15) is 4.79 Å². The van der Waals surface area contributed by atoms with Gasteiger partial charge in [-0.1, -0.05) is 22.0 Å². The Labute approximate surface area is 164 Å². The molecule has 138 valence electrons. The summed E-state index contributed by atoms with van der Waals surface area (Å²) in [5.74, 6) is 1.88. The molecule has 7 nitrogen and oxygen atoms in total. The molecule has 0 aliphatic carbocycles. The standard InChI is InChI=1S/C19H16BrN3O4/c20-14-2-4-15(5-3-14)25-11-23-8-7-16(22-23)19(24)21-10-13-1-6-17-18(9-13)27-12-26-17/h1-9H,10-12H2,(H,21,24). The van der Waals surface area contributed by atoms with E-state index in [2.05, 4.69) is 26.3 Å². The quantitative estimate of drug-likeness (QED) is 0.650. The highest BCUT2D eigenvalue weighted by molar-refractivity contribution is 9.10. The second-order valence-corrected chi connectivity index (χ2v) is 6.75. The van der Waals surface area contributed by atoms with Crippen LogP contribution >= 0.6 is 15.9 Å². The highest BCUT2D eigenvalue weighted by Crippen LogP contribution is 2.32. The van der Waals surface area contributed by atoms with Gasteiger partial charge in [-0.2, -0.15) is 5.10 Å². The molecule has 8 heteroatoms. The SMILES string of the molecule is O=C(NCc1ccc2c(c1)OCO2)c1ccn(COc2ccc(Br)cc2)n1. The first-order valence-electron chi connectivity index (χ1n) is 8.26. The lowest BCUT2D eigenvalue weighted by Gasteiger charge is -2.06. The minimum absolute atomic E-state index is 0.219. The number of benzene rings is 2. The number of nitrogens with one attached hydrogen (secondary N) is 1. The van der Waals surface area contributed by atoms with Crippen LogP contribution in [-0.4, -0.2) is 22.5 Å². The summed E-state index contributed by atoms with van der Waals surface area (Å²) in [6.45, 7) is 0.819. The van der Waals surface area contributed by atoms with Gasteiger partial charge in [0.15, 0.2) is 18.2 Å². The van der Waals surface area contributed by atoms with Crippen LogP contribution in [0.4, 0.5) is 0 Å². The van der Waals surface area contributed by atoms with Gasteiger partial charge in [-0.05, 0) is 48.0 Å². The molecule has 0 fully saturated rings. The number of carbonyl (C=O) groups excluding carboxylic acids is 1. The predicted molar refractivity (Wildman–Crippen MR) is 101 cm³/mol. The van der Waals surface area contributed by atoms with Crippen molar-refractivity contribution in [3.05, 3.63) is 70.5 Å². The molecule has 4 rings (SSSR count). The number of nitrogens with zero attached hydrogens (tertiary/aromatic N) is 2. The maximum absolute atomic E-state index is 12.3. The number of fused-ring (bicyclic) bond motifs is 1. The lowest BCUT2D eigenvalue weighted by atomic mass is 10.2. The van der Waals surface area contributed by atoms with E-state index in [1.54, 1.807) is 16.9 Å². The van der Waals surface area contributed by atoms with Crippen molar-refractivity contribution >= 4 is 21.8 Å². The summed E-state index contributed by atoms with van der Waals surface area (Å²) in [6.07, 6.45) is 1.70. The fourth-order valence-corrected chi connectivity index (χ4v) is 2.81. The van der Waals surface area contributed by atoms with Crippen LogP contribution in [0.3, 0.4) is 0 Å². The average Bonchev–Trinajstić information content (AvgIpc) is 3.34. The second-order valence-electron chi connectivity index (χ2n) is 5.84. The Morgan fingerprint density at radius 3 is 2.81 bits per heavy atom. The maximum Gasteiger partial charge on any atom is 0.272 e. The van der Waals surface area contributed by atoms with Gasteiger partial charge in [0.25, 0.3) is 5.91 Å². The van der Waals surface area contributed by atoms with Crippen molar-refractivity contribution in [3.8, 4) is 17.2 Å². The Morgan fingerprint density at radius 1 is 1.15 bits per heavy atom. The third-order valence-corrected chi connectivity index (χ3v) is 4.47. The van der Waals surface area contributed by atoms with Gasteiger partial charge in [0.1, 0.15) is 11.4 Å². The van der Waals surface area contributed by atoms with Gasteiger partial charge in [-0.15, -0.1) is 0 Å². The molecule has 0 unspecified atom stereocenters. The first-order valence-corrected chi connectivity index (χ1v) is 9.05. The zero-order valence-electron chi connectivity index (χ0n) is 14.2. The van der Waals surface area contributed by atoms with E-state index in [1.165, 1.54) is 0 Å². The Hall–Kier alpha value is -3.00. The summed E-state index contributed by atoms with van der Waals surface area (Å²) >= 11 is 3.38. The number of rotatable bonds is 6. The Morgan fingerprint density at radius 2 is 1.96 bits per heavy atom. The number of aromatic nitrogens is 2. The molecule has 27 heavy (non-hydrogen) atoms. The van der Waals surface area contributed by atoms with Crippen LogP contribution in [0.25, 0.3) is 0 Å². The largest absolute Gasteiger partial charge is 0.471 e. The molecule has 0 atom stereocenters. The monoisotopic (exact) mass is 429 g/mol. The molecular formula is C19H16BrN3O4. The number of halogens is 1. The van der Waals surface area contributed by atoms with Crippen LogP contribution in [0.15, 0.2) is 59.2 Å². The molecule has 1 aliphatic rings. The molecule has 0 bridgehead atoms. The summed E-state index contributed by atoms with van der Waals surface area (Å²) < 4.78 is 18.8. The molecule has 3 aromatic rings. The van der Waals surface area contributed by atoms with Gasteiger partial charge >= 0.3 is 0 Å². The lowest BCUT2D eigenvalue weighted by molar-refractivity contribution is 0.0943. The van der Waals surface area contributed by atoms with Crippen molar-refractivity contribution in [1.29, 1.82) is 0 Å². The summed E-state index contributed by atoms with van der Waals surface area (Å²) in [5.41, 5.74) is 1.25. The molecule has 0 saturated heterocycles. The van der Waals surface area contributed by atoms with E-state index in [4.69, 9.17) is 14.2 Å². The van der Waals surface area contributed by atoms with Crippen molar-refractivity contribution in [3.63, 3.8) is 0 Å². The number of ether oxygens (including phenoxy) is 3. The van der Waals surface area contributed by atoms with Gasteiger partial charge in [-0.3, -0.25) is 4.79 Å². The average molecular weight is 430 g/mol. The van der Waals surface area contributed by atoms with Crippen LogP contribution in [-0.2, 0) is 13.3 Å². The first kappa shape index (κ1) is 17.4. The molecule has 2 heterocycles. The van der Waals surface area contributed by atoms with Crippen LogP contribution in [0.5, 0.6) is 17.2 Å². The summed E-state index contributed by atoms with van der Waals surface area (Å²) in [7, 11) is 0. The molecule has 0 radical (unpaired) electrons. The van der Waals surface area contributed by atoms with Gasteiger partial charge in [-0.25, -0.2) is 4.68 Å². The number of amides is 1. The highest BCUT2D eigenvalue weighted by Gasteiger charge is 2.14. The van der Waals surface area contributed by atoms with E-state index in [1.807, 2.05) is 42.5 Å². The van der Waals surface area contributed by atoms with Crippen LogP contribution in [0, 0.1) is 0 Å². The van der Waals surface area contributed by atoms with E-state index >= 15 is 0 Å². The van der Waals surface area contributed by atoms with Crippen molar-refractivity contribution in [1.82, 2.24) is 15.1 Å². The van der Waals surface area contributed by atoms with E-state index < -0.39 is 0 Å². The molecule has 1 amide bonds. The predicted octanol–water partition coefficient (Wildman–Crippen LogP) is 3.34. The smallest absolute Gasteiger partial charge is 0.272 e. The van der Waals surface area contributed by atoms with Crippen LogP contribution in [0.1, 0.15) is 16.1 Å². The Bertz CT molecular complexity index is 956. The van der Waals surface area contributed by atoms with Gasteiger partial charge in [0.2, 0.25) is 6.79 Å². The fraction of sp³-hybridized carbons (Fsp3) is 0.158. The van der Waals surface area contributed by atoms with Gasteiger partial charge in [0, 0.05) is 17.2 Å². The van der Waals surface area contributed by atoms with Crippen LogP contribution in [0.2, 0.25) is 0 Å². The molecule has 1 aromatic heterocycles. The fourth-order valence-electron chi connectivity index (χ4n) is 2.55. The summed E-state index contributed by atoms with van der Waals surface area (Å²) in [4.78, 5) is 12.3. The third kappa shape index (κ3) is 4.22. The van der Waals surface area contributed by atoms with E-state index in [0.29, 0.717) is 18.0 Å².